The summed E-state index contributed by atoms with van der Waals surface area (Å²) in [6.45, 7) is 1.76. The number of rotatable bonds is 3. The molecular formula is C16H19N5O. The normalized spacial score (nSPS) is 18.0. The number of hydrogen-bond acceptors (Lipinski definition) is 5. The predicted molar refractivity (Wildman–Crippen MR) is 83.6 cm³/mol. The van der Waals surface area contributed by atoms with Crippen LogP contribution in [0.1, 0.15) is 23.3 Å². The average molecular weight is 297 g/mol. The van der Waals surface area contributed by atoms with Crippen LogP contribution in [-0.2, 0) is 0 Å². The van der Waals surface area contributed by atoms with Crippen molar-refractivity contribution >= 4 is 11.7 Å². The first-order valence-corrected chi connectivity index (χ1v) is 7.45. The van der Waals surface area contributed by atoms with E-state index in [1.807, 2.05) is 25.2 Å². The van der Waals surface area contributed by atoms with Crippen molar-refractivity contribution in [1.29, 1.82) is 0 Å². The van der Waals surface area contributed by atoms with E-state index in [1.165, 1.54) is 6.20 Å². The number of anilines is 1. The minimum atomic E-state index is -0.0824. The molecule has 1 fully saturated rings. The maximum atomic E-state index is 12.5. The highest BCUT2D eigenvalue weighted by Crippen LogP contribution is 2.20. The molecule has 1 amide bonds. The largest absolute Gasteiger partial charge is 0.355 e. The van der Waals surface area contributed by atoms with E-state index in [9.17, 15) is 4.79 Å². The zero-order valence-electron chi connectivity index (χ0n) is 12.6. The lowest BCUT2D eigenvalue weighted by Crippen LogP contribution is -2.49. The second kappa shape index (κ2) is 6.51. The number of carbonyl (C=O) groups is 1. The monoisotopic (exact) mass is 297 g/mol. The van der Waals surface area contributed by atoms with Crippen molar-refractivity contribution in [3.8, 4) is 0 Å². The molecule has 0 unspecified atom stereocenters. The lowest BCUT2D eigenvalue weighted by Gasteiger charge is -2.38. The fourth-order valence-corrected chi connectivity index (χ4v) is 2.78. The maximum absolute atomic E-state index is 12.5. The fourth-order valence-electron chi connectivity index (χ4n) is 2.78. The van der Waals surface area contributed by atoms with E-state index in [4.69, 9.17) is 0 Å². The van der Waals surface area contributed by atoms with Crippen molar-refractivity contribution in [2.24, 2.45) is 0 Å². The quantitative estimate of drug-likeness (QED) is 0.861. The molecule has 0 N–H and O–H groups in total. The summed E-state index contributed by atoms with van der Waals surface area (Å²) in [5.74, 6) is 0.883. The summed E-state index contributed by atoms with van der Waals surface area (Å²) < 4.78 is 0. The minimum Gasteiger partial charge on any atom is -0.355 e. The predicted octanol–water partition coefficient (Wildman–Crippen LogP) is 1.61. The molecule has 3 heterocycles. The molecule has 1 aliphatic rings. The summed E-state index contributed by atoms with van der Waals surface area (Å²) in [7, 11) is 1.84. The minimum absolute atomic E-state index is 0.0824. The second-order valence-corrected chi connectivity index (χ2v) is 5.44. The van der Waals surface area contributed by atoms with Gasteiger partial charge in [0.05, 0.1) is 6.20 Å². The van der Waals surface area contributed by atoms with E-state index < -0.39 is 0 Å². The van der Waals surface area contributed by atoms with Gasteiger partial charge in [0, 0.05) is 44.8 Å². The standard InChI is InChI=1S/C16H19N5O/c1-20(16(22)14-11-17-8-9-18-14)13-5-4-10-21(12-13)15-6-2-3-7-19-15/h2-3,6-9,11,13H,4-5,10,12H2,1H3/t13-/m1/s1. The highest BCUT2D eigenvalue weighted by Gasteiger charge is 2.27. The van der Waals surface area contributed by atoms with E-state index >= 15 is 0 Å². The smallest absolute Gasteiger partial charge is 0.274 e. The van der Waals surface area contributed by atoms with Gasteiger partial charge < -0.3 is 9.80 Å². The Hall–Kier alpha value is -2.50. The van der Waals surface area contributed by atoms with Crippen LogP contribution in [0, 0.1) is 0 Å². The number of likely N-dealkylation sites (N-methyl/N-ethyl adjacent to an activating group) is 1. The molecule has 0 spiro atoms. The van der Waals surface area contributed by atoms with Crippen LogP contribution in [0.25, 0.3) is 0 Å². The number of carbonyl (C=O) groups excluding carboxylic acids is 1. The molecule has 1 aliphatic heterocycles. The van der Waals surface area contributed by atoms with Gasteiger partial charge in [-0.3, -0.25) is 9.78 Å². The van der Waals surface area contributed by atoms with Gasteiger partial charge in [0.25, 0.3) is 5.91 Å². The third-order valence-electron chi connectivity index (χ3n) is 4.02. The maximum Gasteiger partial charge on any atom is 0.274 e. The molecule has 114 valence electrons. The van der Waals surface area contributed by atoms with Gasteiger partial charge >= 0.3 is 0 Å². The van der Waals surface area contributed by atoms with Crippen LogP contribution in [0.4, 0.5) is 5.82 Å². The van der Waals surface area contributed by atoms with Crippen molar-refractivity contribution < 1.29 is 4.79 Å². The van der Waals surface area contributed by atoms with Crippen LogP contribution in [0.5, 0.6) is 0 Å². The average Bonchev–Trinajstić information content (AvgIpc) is 2.62. The van der Waals surface area contributed by atoms with Gasteiger partial charge in [-0.25, -0.2) is 9.97 Å². The number of nitrogens with zero attached hydrogens (tertiary/aromatic N) is 5. The zero-order chi connectivity index (χ0) is 15.4. The number of hydrogen-bond donors (Lipinski definition) is 0. The van der Waals surface area contributed by atoms with E-state index in [1.54, 1.807) is 23.5 Å². The highest BCUT2D eigenvalue weighted by molar-refractivity contribution is 5.92. The van der Waals surface area contributed by atoms with Crippen LogP contribution < -0.4 is 4.90 Å². The van der Waals surface area contributed by atoms with E-state index in [0.717, 1.165) is 31.7 Å². The number of pyridine rings is 1. The topological polar surface area (TPSA) is 62.2 Å². The van der Waals surface area contributed by atoms with Gasteiger partial charge in [0.2, 0.25) is 0 Å². The van der Waals surface area contributed by atoms with Crippen molar-refractivity contribution in [3.63, 3.8) is 0 Å². The molecule has 0 bridgehead atoms. The Balaban J connectivity index is 1.70. The molecule has 22 heavy (non-hydrogen) atoms. The van der Waals surface area contributed by atoms with Crippen LogP contribution in [0.2, 0.25) is 0 Å². The molecule has 3 rings (SSSR count). The Morgan fingerprint density at radius 2 is 2.18 bits per heavy atom. The summed E-state index contributed by atoms with van der Waals surface area (Å²) in [6, 6.07) is 6.06. The third kappa shape index (κ3) is 3.05. The lowest BCUT2D eigenvalue weighted by atomic mass is 10.0. The first-order chi connectivity index (χ1) is 10.8. The SMILES string of the molecule is CN(C(=O)c1cnccn1)[C@@H]1CCCN(c2ccccn2)C1. The summed E-state index contributed by atoms with van der Waals surface area (Å²) in [5, 5.41) is 0. The molecule has 6 heteroatoms. The molecule has 0 aliphatic carbocycles. The van der Waals surface area contributed by atoms with Crippen molar-refractivity contribution in [3.05, 3.63) is 48.7 Å². The Labute approximate surface area is 129 Å². The van der Waals surface area contributed by atoms with Crippen molar-refractivity contribution in [2.75, 3.05) is 25.0 Å². The number of aromatic nitrogens is 3. The van der Waals surface area contributed by atoms with Crippen molar-refractivity contribution in [2.45, 2.75) is 18.9 Å². The van der Waals surface area contributed by atoms with Crippen molar-refractivity contribution in [1.82, 2.24) is 19.9 Å². The molecular weight excluding hydrogens is 278 g/mol. The van der Waals surface area contributed by atoms with Crippen LogP contribution in [0.15, 0.2) is 43.0 Å². The number of amides is 1. The Morgan fingerprint density at radius 3 is 2.91 bits per heavy atom. The summed E-state index contributed by atoms with van der Waals surface area (Å²) in [5.41, 5.74) is 0.389. The molecule has 1 atom stereocenters. The number of piperidine rings is 1. The molecule has 0 saturated carbocycles. The van der Waals surface area contributed by atoms with Gasteiger partial charge in [0.1, 0.15) is 11.5 Å². The fraction of sp³-hybridized carbons (Fsp3) is 0.375. The summed E-state index contributed by atoms with van der Waals surface area (Å²) in [4.78, 5) is 28.9. The van der Waals surface area contributed by atoms with Gasteiger partial charge in [-0.1, -0.05) is 6.07 Å². The van der Waals surface area contributed by atoms with E-state index in [-0.39, 0.29) is 11.9 Å². The van der Waals surface area contributed by atoms with Gasteiger partial charge in [0.15, 0.2) is 0 Å². The summed E-state index contributed by atoms with van der Waals surface area (Å²) in [6.07, 6.45) is 8.46. The van der Waals surface area contributed by atoms with Crippen LogP contribution >= 0.6 is 0 Å². The Morgan fingerprint density at radius 1 is 1.27 bits per heavy atom. The first-order valence-electron chi connectivity index (χ1n) is 7.45. The highest BCUT2D eigenvalue weighted by atomic mass is 16.2. The molecule has 1 saturated heterocycles. The van der Waals surface area contributed by atoms with Gasteiger partial charge in [-0.15, -0.1) is 0 Å². The summed E-state index contributed by atoms with van der Waals surface area (Å²) >= 11 is 0. The zero-order valence-corrected chi connectivity index (χ0v) is 12.6. The molecule has 2 aromatic heterocycles. The van der Waals surface area contributed by atoms with E-state index in [0.29, 0.717) is 5.69 Å². The first kappa shape index (κ1) is 14.4. The molecule has 0 radical (unpaired) electrons. The van der Waals surface area contributed by atoms with Crippen LogP contribution in [-0.4, -0.2) is 51.9 Å². The van der Waals surface area contributed by atoms with Gasteiger partial charge in [-0.2, -0.15) is 0 Å². The van der Waals surface area contributed by atoms with Gasteiger partial charge in [-0.05, 0) is 25.0 Å². The third-order valence-corrected chi connectivity index (χ3v) is 4.02. The Kier molecular flexibility index (Phi) is 4.27. The Bertz CT molecular complexity index is 619. The van der Waals surface area contributed by atoms with Crippen LogP contribution in [0.3, 0.4) is 0 Å². The van der Waals surface area contributed by atoms with E-state index in [2.05, 4.69) is 19.9 Å². The lowest BCUT2D eigenvalue weighted by molar-refractivity contribution is 0.0711. The molecule has 0 aromatic carbocycles. The second-order valence-electron chi connectivity index (χ2n) is 5.44. The molecule has 2 aromatic rings. The molecule has 6 nitrogen and oxygen atoms in total.